The fourth-order valence-corrected chi connectivity index (χ4v) is 4.86. The van der Waals surface area contributed by atoms with Crippen molar-refractivity contribution >= 4 is 34.4 Å². The van der Waals surface area contributed by atoms with E-state index in [1.165, 1.54) is 51.0 Å². The molecule has 1 aromatic heterocycles. The largest absolute Gasteiger partial charge is 0.478 e. The molecule has 0 saturated carbocycles. The van der Waals surface area contributed by atoms with Crippen molar-refractivity contribution in [3.05, 3.63) is 75.9 Å². The van der Waals surface area contributed by atoms with Gasteiger partial charge in [-0.05, 0) is 55.5 Å². The molecule has 0 radical (unpaired) electrons. The van der Waals surface area contributed by atoms with Gasteiger partial charge in [0.15, 0.2) is 0 Å². The fraction of sp³-hybridized carbons (Fsp3) is 0.500. The van der Waals surface area contributed by atoms with Crippen LogP contribution >= 0.6 is 11.6 Å². The average Bonchev–Trinajstić information content (AvgIpc) is 2.95. The SMILES string of the molecule is CCCCCCCCOC(=O)c1c(CCCCCCCC)cccc1C(=O)O.Cc1cccc2ccc(Cl)nc12. The number of carbonyl (C=O) groups is 2. The van der Waals surface area contributed by atoms with Crippen LogP contribution in [0.3, 0.4) is 0 Å². The van der Waals surface area contributed by atoms with Gasteiger partial charge in [-0.2, -0.15) is 0 Å². The number of para-hydroxylation sites is 1. The minimum atomic E-state index is -1.07. The molecule has 40 heavy (non-hydrogen) atoms. The predicted octanol–water partition coefficient (Wildman–Crippen LogP) is 10.0. The van der Waals surface area contributed by atoms with Gasteiger partial charge in [-0.15, -0.1) is 0 Å². The number of carboxylic acid groups (broad SMARTS) is 1. The van der Waals surface area contributed by atoms with Gasteiger partial charge in [0.1, 0.15) is 5.15 Å². The van der Waals surface area contributed by atoms with Gasteiger partial charge in [-0.25, -0.2) is 14.6 Å². The first-order chi connectivity index (χ1) is 19.4. The number of carboxylic acids is 1. The van der Waals surface area contributed by atoms with E-state index in [0.717, 1.165) is 54.1 Å². The highest BCUT2D eigenvalue weighted by Gasteiger charge is 2.21. The van der Waals surface area contributed by atoms with Crippen molar-refractivity contribution in [3.8, 4) is 0 Å². The molecule has 0 spiro atoms. The molecule has 3 aromatic rings. The number of halogens is 1. The minimum Gasteiger partial charge on any atom is -0.478 e. The molecule has 0 aliphatic rings. The highest BCUT2D eigenvalue weighted by molar-refractivity contribution is 6.29. The lowest BCUT2D eigenvalue weighted by Gasteiger charge is -2.12. The molecule has 0 unspecified atom stereocenters. The van der Waals surface area contributed by atoms with E-state index in [9.17, 15) is 14.7 Å². The number of aromatic carboxylic acids is 1. The lowest BCUT2D eigenvalue weighted by atomic mass is 9.96. The maximum Gasteiger partial charge on any atom is 0.339 e. The number of hydrogen-bond donors (Lipinski definition) is 1. The Bertz CT molecular complexity index is 1190. The van der Waals surface area contributed by atoms with Crippen LogP contribution in [0, 0.1) is 6.92 Å². The molecule has 1 heterocycles. The first-order valence-electron chi connectivity index (χ1n) is 14.9. The number of aromatic nitrogens is 1. The van der Waals surface area contributed by atoms with Crippen LogP contribution in [-0.2, 0) is 11.2 Å². The second-order valence-electron chi connectivity index (χ2n) is 10.3. The Balaban J connectivity index is 0.000000382. The number of benzene rings is 2. The molecular formula is C34H46ClNO4. The van der Waals surface area contributed by atoms with Gasteiger partial charge in [0.25, 0.3) is 0 Å². The summed E-state index contributed by atoms with van der Waals surface area (Å²) in [7, 11) is 0. The third-order valence-corrected chi connectivity index (χ3v) is 7.21. The lowest BCUT2D eigenvalue weighted by molar-refractivity contribution is 0.0486. The molecule has 5 nitrogen and oxygen atoms in total. The Morgan fingerprint density at radius 3 is 2.10 bits per heavy atom. The summed E-state index contributed by atoms with van der Waals surface area (Å²) in [6.45, 7) is 6.77. The van der Waals surface area contributed by atoms with Gasteiger partial charge in [0.2, 0.25) is 0 Å². The number of pyridine rings is 1. The Kier molecular flexibility index (Phi) is 16.0. The number of aryl methyl sites for hydroxylation is 2. The Morgan fingerprint density at radius 2 is 1.43 bits per heavy atom. The number of fused-ring (bicyclic) bond motifs is 1. The van der Waals surface area contributed by atoms with E-state index in [0.29, 0.717) is 18.2 Å². The van der Waals surface area contributed by atoms with Crippen LogP contribution in [0.1, 0.15) is 123 Å². The maximum absolute atomic E-state index is 12.6. The van der Waals surface area contributed by atoms with Gasteiger partial charge in [0, 0.05) is 5.39 Å². The van der Waals surface area contributed by atoms with Gasteiger partial charge in [-0.3, -0.25) is 0 Å². The fourth-order valence-electron chi connectivity index (χ4n) is 4.71. The topological polar surface area (TPSA) is 76.5 Å². The van der Waals surface area contributed by atoms with Crippen molar-refractivity contribution in [3.63, 3.8) is 0 Å². The molecule has 0 aliphatic carbocycles. The number of nitrogens with zero attached hydrogens (tertiary/aromatic N) is 1. The van der Waals surface area contributed by atoms with Gasteiger partial charge in [-0.1, -0.05) is 120 Å². The van der Waals surface area contributed by atoms with E-state index in [-0.39, 0.29) is 11.1 Å². The van der Waals surface area contributed by atoms with Crippen molar-refractivity contribution in [1.82, 2.24) is 4.98 Å². The zero-order valence-electron chi connectivity index (χ0n) is 24.5. The third kappa shape index (κ3) is 11.7. The minimum absolute atomic E-state index is 0.0522. The van der Waals surface area contributed by atoms with Crippen molar-refractivity contribution in [2.75, 3.05) is 6.61 Å². The Hall–Kier alpha value is -2.92. The molecule has 0 saturated heterocycles. The second kappa shape index (κ2) is 19.2. The Morgan fingerprint density at radius 1 is 0.800 bits per heavy atom. The molecule has 1 N–H and O–H groups in total. The number of rotatable bonds is 16. The molecule has 2 aromatic carbocycles. The smallest absolute Gasteiger partial charge is 0.339 e. The number of ether oxygens (including phenoxy) is 1. The molecule has 3 rings (SSSR count). The molecule has 218 valence electrons. The molecule has 6 heteroatoms. The zero-order valence-corrected chi connectivity index (χ0v) is 25.3. The summed E-state index contributed by atoms with van der Waals surface area (Å²) < 4.78 is 5.42. The standard InChI is InChI=1S/C24H38O4.C10H8ClN/c1-3-5-7-9-11-13-16-20-17-15-18-21(23(25)26)22(20)24(27)28-19-14-12-10-8-6-4-2;1-7-3-2-4-8-5-6-9(11)12-10(7)8/h15,17-18H,3-14,16,19H2,1-2H3,(H,25,26);2-6H,1H3. The third-order valence-electron chi connectivity index (χ3n) is 7.00. The maximum atomic E-state index is 12.6. The van der Waals surface area contributed by atoms with Crippen LogP contribution in [0.4, 0.5) is 0 Å². The zero-order chi connectivity index (χ0) is 29.2. The average molecular weight is 568 g/mol. The van der Waals surface area contributed by atoms with E-state index >= 15 is 0 Å². The number of carbonyl (C=O) groups excluding carboxylic acids is 1. The van der Waals surface area contributed by atoms with Crippen molar-refractivity contribution in [2.24, 2.45) is 0 Å². The van der Waals surface area contributed by atoms with Crippen LogP contribution in [0.15, 0.2) is 48.5 Å². The van der Waals surface area contributed by atoms with E-state index < -0.39 is 11.9 Å². The summed E-state index contributed by atoms with van der Waals surface area (Å²) >= 11 is 5.78. The van der Waals surface area contributed by atoms with Crippen LogP contribution < -0.4 is 0 Å². The molecule has 0 amide bonds. The second-order valence-corrected chi connectivity index (χ2v) is 10.7. The van der Waals surface area contributed by atoms with E-state index in [1.807, 2.05) is 43.3 Å². The van der Waals surface area contributed by atoms with Gasteiger partial charge in [0.05, 0.1) is 23.3 Å². The summed E-state index contributed by atoms with van der Waals surface area (Å²) in [6, 6.07) is 15.0. The van der Waals surface area contributed by atoms with E-state index in [1.54, 1.807) is 6.07 Å². The monoisotopic (exact) mass is 567 g/mol. The van der Waals surface area contributed by atoms with Gasteiger partial charge >= 0.3 is 11.9 Å². The summed E-state index contributed by atoms with van der Waals surface area (Å²) in [4.78, 5) is 28.5. The predicted molar refractivity (Wildman–Crippen MR) is 166 cm³/mol. The van der Waals surface area contributed by atoms with E-state index in [2.05, 4.69) is 18.8 Å². The van der Waals surface area contributed by atoms with Crippen LogP contribution in [0.25, 0.3) is 10.9 Å². The van der Waals surface area contributed by atoms with E-state index in [4.69, 9.17) is 16.3 Å². The van der Waals surface area contributed by atoms with Crippen molar-refractivity contribution < 1.29 is 19.4 Å². The Labute approximate surface area is 245 Å². The molecule has 0 aliphatic heterocycles. The summed E-state index contributed by atoms with van der Waals surface area (Å²) in [5.41, 5.74) is 3.24. The van der Waals surface area contributed by atoms with Crippen LogP contribution in [0.5, 0.6) is 0 Å². The van der Waals surface area contributed by atoms with Crippen LogP contribution in [-0.4, -0.2) is 28.6 Å². The number of unbranched alkanes of at least 4 members (excludes halogenated alkanes) is 10. The normalized spacial score (nSPS) is 10.7. The first kappa shape index (κ1) is 33.3. The molecule has 0 fully saturated rings. The summed E-state index contributed by atoms with van der Waals surface area (Å²) in [5.74, 6) is -1.57. The highest BCUT2D eigenvalue weighted by atomic mass is 35.5. The molecule has 0 bridgehead atoms. The first-order valence-corrected chi connectivity index (χ1v) is 15.3. The lowest BCUT2D eigenvalue weighted by Crippen LogP contribution is -2.15. The summed E-state index contributed by atoms with van der Waals surface area (Å²) in [5, 5.41) is 11.2. The van der Waals surface area contributed by atoms with Gasteiger partial charge < -0.3 is 9.84 Å². The molecule has 0 atom stereocenters. The number of esters is 1. The number of hydrogen-bond acceptors (Lipinski definition) is 4. The van der Waals surface area contributed by atoms with Crippen LogP contribution in [0.2, 0.25) is 5.15 Å². The highest BCUT2D eigenvalue weighted by Crippen LogP contribution is 2.21. The quantitative estimate of drug-likeness (QED) is 0.106. The van der Waals surface area contributed by atoms with Crippen molar-refractivity contribution in [1.29, 1.82) is 0 Å². The van der Waals surface area contributed by atoms with Crippen molar-refractivity contribution in [2.45, 2.75) is 104 Å². The molecular weight excluding hydrogens is 522 g/mol. The summed E-state index contributed by atoms with van der Waals surface area (Å²) in [6.07, 6.45) is 14.4.